The minimum Gasteiger partial charge on any atom is -0.493 e. The average molecular weight is 424 g/mol. The molecule has 0 unspecified atom stereocenters. The van der Waals surface area contributed by atoms with Crippen molar-refractivity contribution in [1.29, 1.82) is 0 Å². The Hall–Kier alpha value is -2.80. The monoisotopic (exact) mass is 424 g/mol. The van der Waals surface area contributed by atoms with Gasteiger partial charge >= 0.3 is 8.60 Å². The third-order valence-electron chi connectivity index (χ3n) is 3.55. The molecule has 0 bridgehead atoms. The van der Waals surface area contributed by atoms with Gasteiger partial charge in [0, 0.05) is 5.56 Å². The highest BCUT2D eigenvalue weighted by molar-refractivity contribution is 7.39. The Kier molecular flexibility index (Phi) is 10.5. The number of ether oxygens (including phenoxy) is 4. The van der Waals surface area contributed by atoms with Crippen molar-refractivity contribution in [2.75, 3.05) is 28.4 Å². The second-order valence-corrected chi connectivity index (χ2v) is 6.02. The Balaban J connectivity index is 0.000000291. The van der Waals surface area contributed by atoms with Crippen molar-refractivity contribution in [3.8, 4) is 28.7 Å². The van der Waals surface area contributed by atoms with Gasteiger partial charge in [0.05, 0.1) is 28.4 Å². The smallest absolute Gasteiger partial charge is 0.391 e. The molecule has 0 atom stereocenters. The number of carbonyl (C=O) groups is 1. The van der Waals surface area contributed by atoms with Crippen molar-refractivity contribution >= 4 is 21.0 Å². The van der Waals surface area contributed by atoms with Gasteiger partial charge in [-0.15, -0.1) is 0 Å². The van der Waals surface area contributed by atoms with Crippen molar-refractivity contribution in [1.82, 2.24) is 0 Å². The topological polar surface area (TPSA) is 104 Å². The number of benzene rings is 2. The van der Waals surface area contributed by atoms with Crippen LogP contribution in [0.25, 0.3) is 6.08 Å². The SMILES string of the molecule is C/C=C/c1ccc(OC)c(OP(O)O)c1.COc1cc(C=O)cc(OC)c1OC. The van der Waals surface area contributed by atoms with Crippen molar-refractivity contribution in [2.24, 2.45) is 0 Å². The summed E-state index contributed by atoms with van der Waals surface area (Å²) in [6, 6.07) is 8.43. The molecule has 0 radical (unpaired) electrons. The molecule has 2 N–H and O–H groups in total. The predicted molar refractivity (Wildman–Crippen MR) is 111 cm³/mol. The molecule has 0 aromatic heterocycles. The highest BCUT2D eigenvalue weighted by atomic mass is 31.2. The molecule has 0 fully saturated rings. The van der Waals surface area contributed by atoms with Gasteiger partial charge in [-0.1, -0.05) is 18.2 Å². The quantitative estimate of drug-likeness (QED) is 0.487. The van der Waals surface area contributed by atoms with Gasteiger partial charge in [0.2, 0.25) is 5.75 Å². The Labute approximate surface area is 171 Å². The summed E-state index contributed by atoms with van der Waals surface area (Å²) < 4.78 is 25.1. The van der Waals surface area contributed by atoms with Crippen molar-refractivity contribution in [3.05, 3.63) is 47.5 Å². The van der Waals surface area contributed by atoms with E-state index >= 15 is 0 Å². The Morgan fingerprint density at radius 3 is 1.76 bits per heavy atom. The van der Waals surface area contributed by atoms with Crippen LogP contribution < -0.4 is 23.5 Å². The first-order valence-corrected chi connectivity index (χ1v) is 9.52. The summed E-state index contributed by atoms with van der Waals surface area (Å²) in [5.41, 5.74) is 1.39. The Morgan fingerprint density at radius 2 is 1.34 bits per heavy atom. The highest BCUT2D eigenvalue weighted by Gasteiger charge is 2.12. The summed E-state index contributed by atoms with van der Waals surface area (Å²) in [6.45, 7) is 1.90. The lowest BCUT2D eigenvalue weighted by Gasteiger charge is -2.11. The summed E-state index contributed by atoms with van der Waals surface area (Å²) in [7, 11) is 3.60. The molecule has 0 saturated heterocycles. The van der Waals surface area contributed by atoms with E-state index in [1.807, 2.05) is 25.1 Å². The number of allylic oxidation sites excluding steroid dienone is 1. The van der Waals surface area contributed by atoms with Gasteiger partial charge in [0.25, 0.3) is 0 Å². The van der Waals surface area contributed by atoms with Crippen LogP contribution in [0.3, 0.4) is 0 Å². The van der Waals surface area contributed by atoms with Crippen molar-refractivity contribution < 1.29 is 38.1 Å². The number of methoxy groups -OCH3 is 4. The molecule has 0 aliphatic carbocycles. The van der Waals surface area contributed by atoms with Gasteiger partial charge < -0.3 is 33.3 Å². The maximum Gasteiger partial charge on any atom is 0.391 e. The molecule has 2 aromatic rings. The zero-order valence-corrected chi connectivity index (χ0v) is 17.8. The fourth-order valence-corrected chi connectivity index (χ4v) is 2.64. The summed E-state index contributed by atoms with van der Waals surface area (Å²) in [4.78, 5) is 28.1. The molecule has 0 amide bonds. The predicted octanol–water partition coefficient (Wildman–Crippen LogP) is 3.84. The first kappa shape index (κ1) is 24.2. The minimum absolute atomic E-state index is 0.323. The van der Waals surface area contributed by atoms with Gasteiger partial charge in [-0.2, -0.15) is 0 Å². The Morgan fingerprint density at radius 1 is 0.793 bits per heavy atom. The average Bonchev–Trinajstić information content (AvgIpc) is 2.73. The molecular formula is C20H25O8P. The van der Waals surface area contributed by atoms with Crippen molar-refractivity contribution in [2.45, 2.75) is 6.92 Å². The van der Waals surface area contributed by atoms with E-state index in [9.17, 15) is 4.79 Å². The molecule has 0 aliphatic rings. The first-order valence-electron chi connectivity index (χ1n) is 8.35. The molecule has 0 aliphatic heterocycles. The van der Waals surface area contributed by atoms with Gasteiger partial charge in [0.1, 0.15) is 6.29 Å². The molecule has 2 rings (SSSR count). The van der Waals surface area contributed by atoms with Gasteiger partial charge in [0.15, 0.2) is 23.0 Å². The van der Waals surface area contributed by atoms with Gasteiger partial charge in [-0.05, 0) is 36.8 Å². The second kappa shape index (κ2) is 12.6. The molecular weight excluding hydrogens is 399 g/mol. The van der Waals surface area contributed by atoms with E-state index in [-0.39, 0.29) is 0 Å². The molecule has 29 heavy (non-hydrogen) atoms. The van der Waals surface area contributed by atoms with Crippen LogP contribution in [0.2, 0.25) is 0 Å². The molecule has 2 aromatic carbocycles. The Bertz CT molecular complexity index is 795. The molecule has 158 valence electrons. The maximum absolute atomic E-state index is 10.6. The zero-order valence-electron chi connectivity index (χ0n) is 16.9. The van der Waals surface area contributed by atoms with E-state index in [1.54, 1.807) is 24.3 Å². The fraction of sp³-hybridized carbons (Fsp3) is 0.250. The standard InChI is InChI=1S/C10H13O4P.C10H12O4/c1-3-4-8-5-6-9(13-2)10(7-8)14-15(11)12;1-12-8-4-7(6-11)5-9(13-2)10(8)14-3/h3-7,11-12H,1-2H3;4-6H,1-3H3/b4-3+;. The lowest BCUT2D eigenvalue weighted by molar-refractivity contribution is 0.112. The van der Waals surface area contributed by atoms with Crippen molar-refractivity contribution in [3.63, 3.8) is 0 Å². The van der Waals surface area contributed by atoms with E-state index in [0.717, 1.165) is 11.8 Å². The first-order chi connectivity index (χ1) is 13.9. The fourth-order valence-electron chi connectivity index (χ4n) is 2.32. The van der Waals surface area contributed by atoms with Crippen LogP contribution in [0.4, 0.5) is 0 Å². The summed E-state index contributed by atoms with van der Waals surface area (Å²) >= 11 is 0. The van der Waals surface area contributed by atoms with E-state index in [0.29, 0.717) is 34.3 Å². The lowest BCUT2D eigenvalue weighted by atomic mass is 10.2. The van der Waals surface area contributed by atoms with E-state index in [1.165, 1.54) is 28.4 Å². The van der Waals surface area contributed by atoms with Crippen LogP contribution in [-0.4, -0.2) is 44.5 Å². The second-order valence-electron chi connectivity index (χ2n) is 5.33. The molecule has 0 saturated carbocycles. The minimum atomic E-state index is -2.42. The van der Waals surface area contributed by atoms with Crippen LogP contribution in [0.15, 0.2) is 36.4 Å². The summed E-state index contributed by atoms with van der Waals surface area (Å²) in [6.07, 6.45) is 4.49. The third kappa shape index (κ3) is 7.27. The molecule has 0 spiro atoms. The molecule has 0 heterocycles. The largest absolute Gasteiger partial charge is 0.493 e. The summed E-state index contributed by atoms with van der Waals surface area (Å²) in [5, 5.41) is 0. The number of rotatable bonds is 8. The van der Waals surface area contributed by atoms with Crippen LogP contribution in [-0.2, 0) is 0 Å². The normalized spacial score (nSPS) is 10.2. The molecule has 8 nitrogen and oxygen atoms in total. The van der Waals surface area contributed by atoms with Crippen LogP contribution in [0.5, 0.6) is 28.7 Å². The van der Waals surface area contributed by atoms with E-state index in [2.05, 4.69) is 0 Å². The number of aldehydes is 1. The zero-order chi connectivity index (χ0) is 21.8. The highest BCUT2D eigenvalue weighted by Crippen LogP contribution is 2.38. The molecule has 9 heteroatoms. The van der Waals surface area contributed by atoms with Crippen LogP contribution in [0, 0.1) is 0 Å². The van der Waals surface area contributed by atoms with Gasteiger partial charge in [-0.3, -0.25) is 4.79 Å². The third-order valence-corrected chi connectivity index (χ3v) is 3.91. The number of carbonyl (C=O) groups excluding carboxylic acids is 1. The maximum atomic E-state index is 10.6. The number of hydrogen-bond acceptors (Lipinski definition) is 8. The lowest BCUT2D eigenvalue weighted by Crippen LogP contribution is -1.96. The van der Waals surface area contributed by atoms with Gasteiger partial charge in [-0.25, -0.2) is 0 Å². The number of hydrogen-bond donors (Lipinski definition) is 2. The van der Waals surface area contributed by atoms with E-state index < -0.39 is 8.60 Å². The summed E-state index contributed by atoms with van der Waals surface area (Å²) in [5.74, 6) is 2.24. The van der Waals surface area contributed by atoms with Crippen LogP contribution in [0.1, 0.15) is 22.8 Å². The van der Waals surface area contributed by atoms with Crippen LogP contribution >= 0.6 is 8.60 Å². The van der Waals surface area contributed by atoms with E-state index in [4.69, 9.17) is 33.3 Å².